The van der Waals surface area contributed by atoms with Crippen LogP contribution in [-0.2, 0) is 6.61 Å². The van der Waals surface area contributed by atoms with Gasteiger partial charge in [-0.3, -0.25) is 4.98 Å². The molecule has 0 atom stereocenters. The van der Waals surface area contributed by atoms with E-state index in [2.05, 4.69) is 19.9 Å². The molecule has 160 valence electrons. The standard InChI is InChI=1S/C22H18Cl2N4O2.CH4/c1-13-3-5-15(25-10-13)12-30-16-6-7-17(18(9-16)29-2)20-21(24)28-22(27-20)14-4-8-19(23)26-11-14;/h3-11H,12H2,1-2H3,(H,27,28);1H4. The van der Waals surface area contributed by atoms with Crippen molar-refractivity contribution in [2.45, 2.75) is 21.0 Å². The molecule has 3 aromatic heterocycles. The molecule has 3 heterocycles. The van der Waals surface area contributed by atoms with Gasteiger partial charge in [0.15, 0.2) is 0 Å². The summed E-state index contributed by atoms with van der Waals surface area (Å²) >= 11 is 12.3. The Hall–Kier alpha value is -3.09. The van der Waals surface area contributed by atoms with E-state index in [-0.39, 0.29) is 7.43 Å². The lowest BCUT2D eigenvalue weighted by Gasteiger charge is -2.11. The summed E-state index contributed by atoms with van der Waals surface area (Å²) in [6.45, 7) is 2.36. The second-order valence-electron chi connectivity index (χ2n) is 6.60. The number of aromatic nitrogens is 4. The Kier molecular flexibility index (Phi) is 7.15. The molecule has 0 saturated heterocycles. The van der Waals surface area contributed by atoms with Crippen molar-refractivity contribution in [1.82, 2.24) is 19.9 Å². The Bertz CT molecular complexity index is 1160. The molecule has 1 aromatic carbocycles. The number of hydrogen-bond acceptors (Lipinski definition) is 5. The van der Waals surface area contributed by atoms with Crippen LogP contribution in [0.3, 0.4) is 0 Å². The summed E-state index contributed by atoms with van der Waals surface area (Å²) in [5.41, 5.74) is 4.05. The summed E-state index contributed by atoms with van der Waals surface area (Å²) in [6.07, 6.45) is 3.45. The minimum atomic E-state index is 0. The number of benzene rings is 1. The van der Waals surface area contributed by atoms with Gasteiger partial charge >= 0.3 is 0 Å². The molecule has 4 rings (SSSR count). The molecule has 0 fully saturated rings. The third-order valence-electron chi connectivity index (χ3n) is 4.45. The molecule has 6 nitrogen and oxygen atoms in total. The monoisotopic (exact) mass is 456 g/mol. The van der Waals surface area contributed by atoms with Crippen LogP contribution >= 0.6 is 23.2 Å². The fourth-order valence-corrected chi connectivity index (χ4v) is 3.23. The molecule has 0 aliphatic carbocycles. The maximum atomic E-state index is 6.42. The number of imidazole rings is 1. The van der Waals surface area contributed by atoms with Gasteiger partial charge in [0.1, 0.15) is 39.9 Å². The summed E-state index contributed by atoms with van der Waals surface area (Å²) in [5.74, 6) is 1.84. The van der Waals surface area contributed by atoms with E-state index in [9.17, 15) is 0 Å². The smallest absolute Gasteiger partial charge is 0.140 e. The number of nitrogens with zero attached hydrogens (tertiary/aromatic N) is 3. The zero-order chi connectivity index (χ0) is 21.1. The molecule has 8 heteroatoms. The van der Waals surface area contributed by atoms with Crippen LogP contribution in [0.25, 0.3) is 22.6 Å². The molecule has 0 saturated carbocycles. The highest BCUT2D eigenvalue weighted by atomic mass is 35.5. The predicted octanol–water partition coefficient (Wildman–Crippen LogP) is 6.37. The van der Waals surface area contributed by atoms with E-state index in [1.165, 1.54) is 0 Å². The topological polar surface area (TPSA) is 72.9 Å². The lowest BCUT2D eigenvalue weighted by molar-refractivity contribution is 0.299. The normalized spacial score (nSPS) is 10.5. The molecule has 0 radical (unpaired) electrons. The second-order valence-corrected chi connectivity index (χ2v) is 7.36. The van der Waals surface area contributed by atoms with Crippen LogP contribution in [0, 0.1) is 6.92 Å². The van der Waals surface area contributed by atoms with E-state index in [1.54, 1.807) is 25.4 Å². The first-order chi connectivity index (χ1) is 14.5. The minimum absolute atomic E-state index is 0. The van der Waals surface area contributed by atoms with Gasteiger partial charge in [0.25, 0.3) is 0 Å². The summed E-state index contributed by atoms with van der Waals surface area (Å²) in [5, 5.41) is 0.811. The molecule has 0 aliphatic heterocycles. The van der Waals surface area contributed by atoms with Crippen LogP contribution in [0.1, 0.15) is 18.7 Å². The van der Waals surface area contributed by atoms with Crippen LogP contribution in [0.15, 0.2) is 54.9 Å². The third-order valence-corrected chi connectivity index (χ3v) is 4.95. The number of aromatic amines is 1. The SMILES string of the molecule is C.COc1cc(OCc2ccc(C)cn2)ccc1-c1nc(-c2ccc(Cl)nc2)[nH]c1Cl. The van der Waals surface area contributed by atoms with Crippen LogP contribution in [-0.4, -0.2) is 27.0 Å². The number of halogens is 2. The van der Waals surface area contributed by atoms with Crippen molar-refractivity contribution in [1.29, 1.82) is 0 Å². The number of aryl methyl sites for hydroxylation is 1. The molecule has 0 amide bonds. The first-order valence-electron chi connectivity index (χ1n) is 9.13. The van der Waals surface area contributed by atoms with Gasteiger partial charge in [-0.2, -0.15) is 0 Å². The highest BCUT2D eigenvalue weighted by Crippen LogP contribution is 2.37. The molecular formula is C23H22Cl2N4O2. The van der Waals surface area contributed by atoms with Crippen molar-refractivity contribution in [3.63, 3.8) is 0 Å². The maximum absolute atomic E-state index is 6.42. The summed E-state index contributed by atoms with van der Waals surface area (Å²) in [7, 11) is 1.59. The van der Waals surface area contributed by atoms with E-state index in [4.69, 9.17) is 32.7 Å². The van der Waals surface area contributed by atoms with Crippen molar-refractivity contribution < 1.29 is 9.47 Å². The van der Waals surface area contributed by atoms with E-state index >= 15 is 0 Å². The molecule has 0 unspecified atom stereocenters. The average molecular weight is 457 g/mol. The van der Waals surface area contributed by atoms with Crippen LogP contribution in [0.5, 0.6) is 11.5 Å². The van der Waals surface area contributed by atoms with Crippen LogP contribution in [0.2, 0.25) is 10.3 Å². The fourth-order valence-electron chi connectivity index (χ4n) is 2.88. The Morgan fingerprint density at radius 1 is 1.00 bits per heavy atom. The highest BCUT2D eigenvalue weighted by Gasteiger charge is 2.17. The number of nitrogens with one attached hydrogen (secondary N) is 1. The molecule has 0 aliphatic rings. The molecule has 31 heavy (non-hydrogen) atoms. The third kappa shape index (κ3) is 5.16. The minimum Gasteiger partial charge on any atom is -0.496 e. The van der Waals surface area contributed by atoms with Crippen molar-refractivity contribution in [3.8, 4) is 34.1 Å². The number of methoxy groups -OCH3 is 1. The zero-order valence-electron chi connectivity index (χ0n) is 16.3. The fraction of sp³-hybridized carbons (Fsp3) is 0.174. The van der Waals surface area contributed by atoms with Crippen LogP contribution < -0.4 is 9.47 Å². The van der Waals surface area contributed by atoms with Gasteiger partial charge in [-0.1, -0.05) is 36.7 Å². The molecule has 0 bridgehead atoms. The Morgan fingerprint density at radius 2 is 1.84 bits per heavy atom. The quantitative estimate of drug-likeness (QED) is 0.341. The highest BCUT2D eigenvalue weighted by molar-refractivity contribution is 6.32. The molecule has 1 N–H and O–H groups in total. The molecular weight excluding hydrogens is 435 g/mol. The summed E-state index contributed by atoms with van der Waals surface area (Å²) in [6, 6.07) is 13.0. The summed E-state index contributed by atoms with van der Waals surface area (Å²) in [4.78, 5) is 16.1. The number of rotatable bonds is 6. The Labute approximate surface area is 191 Å². The first-order valence-corrected chi connectivity index (χ1v) is 9.89. The zero-order valence-corrected chi connectivity index (χ0v) is 17.8. The van der Waals surface area contributed by atoms with Crippen LogP contribution in [0.4, 0.5) is 0 Å². The Balaban J connectivity index is 0.00000272. The van der Waals surface area contributed by atoms with E-state index < -0.39 is 0 Å². The number of H-pyrrole nitrogens is 1. The molecule has 4 aromatic rings. The van der Waals surface area contributed by atoms with Gasteiger partial charge < -0.3 is 14.5 Å². The number of pyridine rings is 2. The van der Waals surface area contributed by atoms with Gasteiger partial charge in [-0.15, -0.1) is 0 Å². The van der Waals surface area contributed by atoms with Gasteiger partial charge in [-0.25, -0.2) is 9.97 Å². The van der Waals surface area contributed by atoms with E-state index in [0.29, 0.717) is 39.9 Å². The number of hydrogen-bond donors (Lipinski definition) is 1. The van der Waals surface area contributed by atoms with Crippen molar-refractivity contribution in [2.24, 2.45) is 0 Å². The van der Waals surface area contributed by atoms with Gasteiger partial charge in [0.2, 0.25) is 0 Å². The lowest BCUT2D eigenvalue weighted by Crippen LogP contribution is -1.99. The van der Waals surface area contributed by atoms with E-state index in [0.717, 1.165) is 22.4 Å². The van der Waals surface area contributed by atoms with Crippen molar-refractivity contribution >= 4 is 23.2 Å². The predicted molar refractivity (Wildman–Crippen MR) is 124 cm³/mol. The van der Waals surface area contributed by atoms with Gasteiger partial charge in [-0.05, 0) is 42.8 Å². The average Bonchev–Trinajstić information content (AvgIpc) is 3.15. The Morgan fingerprint density at radius 3 is 2.52 bits per heavy atom. The van der Waals surface area contributed by atoms with Crippen molar-refractivity contribution in [3.05, 3.63) is 76.4 Å². The number of ether oxygens (including phenoxy) is 2. The largest absolute Gasteiger partial charge is 0.496 e. The summed E-state index contributed by atoms with van der Waals surface area (Å²) < 4.78 is 11.4. The lowest BCUT2D eigenvalue weighted by atomic mass is 10.1. The van der Waals surface area contributed by atoms with Gasteiger partial charge in [0.05, 0.1) is 12.8 Å². The molecule has 0 spiro atoms. The van der Waals surface area contributed by atoms with E-state index in [1.807, 2.05) is 43.5 Å². The first kappa shape index (κ1) is 22.6. The maximum Gasteiger partial charge on any atom is 0.140 e. The van der Waals surface area contributed by atoms with Crippen molar-refractivity contribution in [2.75, 3.05) is 7.11 Å². The van der Waals surface area contributed by atoms with Gasteiger partial charge in [0, 0.05) is 29.6 Å². The second kappa shape index (κ2) is 9.81.